The Balaban J connectivity index is 1.95. The predicted molar refractivity (Wildman–Crippen MR) is 79.1 cm³/mol. The van der Waals surface area contributed by atoms with Crippen molar-refractivity contribution in [1.29, 1.82) is 0 Å². The fourth-order valence-electron chi connectivity index (χ4n) is 2.75. The van der Waals surface area contributed by atoms with Crippen LogP contribution in [0.25, 0.3) is 0 Å². The van der Waals surface area contributed by atoms with Crippen LogP contribution in [0.5, 0.6) is 0 Å². The Morgan fingerprint density at radius 3 is 2.94 bits per heavy atom. The summed E-state index contributed by atoms with van der Waals surface area (Å²) in [6.45, 7) is 4.54. The maximum absolute atomic E-state index is 6.00. The highest BCUT2D eigenvalue weighted by Gasteiger charge is 2.14. The maximum Gasteiger partial charge on any atom is 0.0398 e. The lowest BCUT2D eigenvalue weighted by Crippen LogP contribution is -2.27. The second-order valence-corrected chi connectivity index (χ2v) is 5.38. The molecule has 2 rings (SSSR count). The molecule has 0 saturated heterocycles. The van der Waals surface area contributed by atoms with Crippen LogP contribution in [-0.4, -0.2) is 19.1 Å². The fourth-order valence-corrected chi connectivity index (χ4v) is 2.75. The molecule has 0 spiro atoms. The lowest BCUT2D eigenvalue weighted by molar-refractivity contribution is 0.559. The number of nitrogens with zero attached hydrogens (tertiary/aromatic N) is 1. The van der Waals surface area contributed by atoms with Gasteiger partial charge in [-0.3, -0.25) is 0 Å². The van der Waals surface area contributed by atoms with E-state index in [0.717, 1.165) is 19.4 Å². The second kappa shape index (κ2) is 6.79. The van der Waals surface area contributed by atoms with Crippen LogP contribution in [-0.2, 0) is 6.42 Å². The van der Waals surface area contributed by atoms with Crippen LogP contribution >= 0.6 is 0 Å². The molecule has 1 aromatic carbocycles. The van der Waals surface area contributed by atoms with E-state index in [4.69, 9.17) is 5.73 Å². The van der Waals surface area contributed by atoms with E-state index in [1.165, 1.54) is 43.5 Å². The number of aryl methyl sites for hydroxylation is 1. The molecule has 18 heavy (non-hydrogen) atoms. The van der Waals surface area contributed by atoms with Crippen LogP contribution in [0.3, 0.4) is 0 Å². The molecule has 100 valence electrons. The topological polar surface area (TPSA) is 29.3 Å². The molecular weight excluding hydrogens is 220 g/mol. The van der Waals surface area contributed by atoms with E-state index >= 15 is 0 Å². The highest BCUT2D eigenvalue weighted by Crippen LogP contribution is 2.26. The highest BCUT2D eigenvalue weighted by atomic mass is 15.1. The summed E-state index contributed by atoms with van der Waals surface area (Å²) in [6.07, 6.45) is 7.33. The third-order valence-corrected chi connectivity index (χ3v) is 3.98. The average Bonchev–Trinajstić information content (AvgIpc) is 2.61. The Kier molecular flexibility index (Phi) is 5.06. The molecule has 0 radical (unpaired) electrons. The molecule has 1 atom stereocenters. The maximum atomic E-state index is 6.00. The number of anilines is 1. The molecule has 2 N–H and O–H groups in total. The van der Waals surface area contributed by atoms with Crippen LogP contribution in [0.4, 0.5) is 5.69 Å². The molecule has 2 heteroatoms. The van der Waals surface area contributed by atoms with Crippen molar-refractivity contribution in [2.24, 2.45) is 5.73 Å². The van der Waals surface area contributed by atoms with Crippen molar-refractivity contribution in [3.8, 4) is 0 Å². The Labute approximate surface area is 111 Å². The first-order valence-electron chi connectivity index (χ1n) is 7.39. The molecular formula is C16H26N2. The summed E-state index contributed by atoms with van der Waals surface area (Å²) in [7, 11) is 0. The van der Waals surface area contributed by atoms with Crippen LogP contribution in [0.1, 0.15) is 44.6 Å². The van der Waals surface area contributed by atoms with Gasteiger partial charge in [0.15, 0.2) is 0 Å². The molecule has 0 aliphatic carbocycles. The third-order valence-electron chi connectivity index (χ3n) is 3.98. The van der Waals surface area contributed by atoms with Crippen LogP contribution in [0.2, 0.25) is 0 Å². The zero-order valence-electron chi connectivity index (χ0n) is 11.6. The van der Waals surface area contributed by atoms with E-state index in [2.05, 4.69) is 36.1 Å². The molecule has 0 fully saturated rings. The second-order valence-electron chi connectivity index (χ2n) is 5.38. The highest BCUT2D eigenvalue weighted by molar-refractivity contribution is 5.54. The first-order chi connectivity index (χ1) is 8.81. The van der Waals surface area contributed by atoms with Gasteiger partial charge in [0, 0.05) is 24.8 Å². The first-order valence-corrected chi connectivity index (χ1v) is 7.39. The summed E-state index contributed by atoms with van der Waals surface area (Å²) >= 11 is 0. The molecule has 2 nitrogen and oxygen atoms in total. The van der Waals surface area contributed by atoms with Gasteiger partial charge in [-0.05, 0) is 50.2 Å². The SMILES string of the molecule is CCC(N)CCCN1CCCCc2ccccc21. The summed E-state index contributed by atoms with van der Waals surface area (Å²) in [5.41, 5.74) is 8.98. The Morgan fingerprint density at radius 2 is 2.11 bits per heavy atom. The molecule has 0 aromatic heterocycles. The van der Waals surface area contributed by atoms with Crippen LogP contribution in [0, 0.1) is 0 Å². The van der Waals surface area contributed by atoms with Gasteiger partial charge in [0.1, 0.15) is 0 Å². The van der Waals surface area contributed by atoms with Crippen molar-refractivity contribution in [3.05, 3.63) is 29.8 Å². The number of nitrogens with two attached hydrogens (primary N) is 1. The minimum Gasteiger partial charge on any atom is -0.371 e. The molecule has 1 aliphatic rings. The summed E-state index contributed by atoms with van der Waals surface area (Å²) in [6, 6.07) is 9.27. The number of benzene rings is 1. The van der Waals surface area contributed by atoms with E-state index < -0.39 is 0 Å². The van der Waals surface area contributed by atoms with Crippen molar-refractivity contribution < 1.29 is 0 Å². The van der Waals surface area contributed by atoms with Crippen molar-refractivity contribution in [3.63, 3.8) is 0 Å². The van der Waals surface area contributed by atoms with Gasteiger partial charge >= 0.3 is 0 Å². The van der Waals surface area contributed by atoms with Gasteiger partial charge in [0.05, 0.1) is 0 Å². The number of para-hydroxylation sites is 1. The molecule has 1 aromatic rings. The lowest BCUT2D eigenvalue weighted by Gasteiger charge is -2.25. The van der Waals surface area contributed by atoms with Crippen LogP contribution in [0.15, 0.2) is 24.3 Å². The van der Waals surface area contributed by atoms with E-state index in [0.29, 0.717) is 6.04 Å². The number of fused-ring (bicyclic) bond motifs is 1. The Hall–Kier alpha value is -1.02. The normalized spacial score (nSPS) is 17.1. The standard InChI is InChI=1S/C16H26N2/c1-2-15(17)10-7-13-18-12-6-5-9-14-8-3-4-11-16(14)18/h3-4,8,11,15H,2,5-7,9-10,12-13,17H2,1H3. The van der Waals surface area contributed by atoms with Crippen molar-refractivity contribution in [2.45, 2.75) is 51.5 Å². The molecule has 0 bridgehead atoms. The van der Waals surface area contributed by atoms with E-state index in [-0.39, 0.29) is 0 Å². The van der Waals surface area contributed by atoms with Gasteiger partial charge in [-0.2, -0.15) is 0 Å². The van der Waals surface area contributed by atoms with Crippen molar-refractivity contribution >= 4 is 5.69 Å². The minimum absolute atomic E-state index is 0.382. The summed E-state index contributed by atoms with van der Waals surface area (Å²) in [4.78, 5) is 2.56. The average molecular weight is 246 g/mol. The number of rotatable bonds is 5. The predicted octanol–water partition coefficient (Wildman–Crippen LogP) is 3.35. The summed E-state index contributed by atoms with van der Waals surface area (Å²) < 4.78 is 0. The summed E-state index contributed by atoms with van der Waals surface area (Å²) in [5, 5.41) is 0. The summed E-state index contributed by atoms with van der Waals surface area (Å²) in [5.74, 6) is 0. The molecule has 1 aliphatic heterocycles. The molecule has 1 heterocycles. The van der Waals surface area contributed by atoms with Gasteiger partial charge in [-0.1, -0.05) is 25.1 Å². The monoisotopic (exact) mass is 246 g/mol. The number of hydrogen-bond acceptors (Lipinski definition) is 2. The van der Waals surface area contributed by atoms with E-state index in [1.807, 2.05) is 0 Å². The Bertz CT molecular complexity index is 362. The quantitative estimate of drug-likeness (QED) is 0.863. The Morgan fingerprint density at radius 1 is 1.28 bits per heavy atom. The number of hydrogen-bond donors (Lipinski definition) is 1. The van der Waals surface area contributed by atoms with Gasteiger partial charge in [0.25, 0.3) is 0 Å². The minimum atomic E-state index is 0.382. The molecule has 0 amide bonds. The lowest BCUT2D eigenvalue weighted by atomic mass is 10.1. The largest absolute Gasteiger partial charge is 0.371 e. The van der Waals surface area contributed by atoms with Gasteiger partial charge in [-0.25, -0.2) is 0 Å². The van der Waals surface area contributed by atoms with Crippen molar-refractivity contribution in [1.82, 2.24) is 0 Å². The smallest absolute Gasteiger partial charge is 0.0398 e. The zero-order chi connectivity index (χ0) is 12.8. The third kappa shape index (κ3) is 3.49. The van der Waals surface area contributed by atoms with Gasteiger partial charge in [-0.15, -0.1) is 0 Å². The van der Waals surface area contributed by atoms with Crippen molar-refractivity contribution in [2.75, 3.05) is 18.0 Å². The first kappa shape index (κ1) is 13.4. The van der Waals surface area contributed by atoms with Crippen LogP contribution < -0.4 is 10.6 Å². The molecule has 1 unspecified atom stereocenters. The van der Waals surface area contributed by atoms with Gasteiger partial charge < -0.3 is 10.6 Å². The fraction of sp³-hybridized carbons (Fsp3) is 0.625. The van der Waals surface area contributed by atoms with E-state index in [9.17, 15) is 0 Å². The van der Waals surface area contributed by atoms with Gasteiger partial charge in [0.2, 0.25) is 0 Å². The van der Waals surface area contributed by atoms with E-state index in [1.54, 1.807) is 0 Å². The molecule has 0 saturated carbocycles. The zero-order valence-corrected chi connectivity index (χ0v) is 11.6.